The lowest BCUT2D eigenvalue weighted by molar-refractivity contribution is 0.414. The van der Waals surface area contributed by atoms with Gasteiger partial charge in [-0.25, -0.2) is 13.1 Å². The zero-order valence-corrected chi connectivity index (χ0v) is 14.5. The molecule has 3 nitrogen and oxygen atoms in total. The van der Waals surface area contributed by atoms with Crippen molar-refractivity contribution in [1.29, 1.82) is 0 Å². The molecular weight excluding hydrogens is 318 g/mol. The summed E-state index contributed by atoms with van der Waals surface area (Å²) >= 11 is 0. The SMILES string of the molecule is O=S(=O)(NC1CCCCC1)/C(=C\c1ccccc1)c1ccccc1. The highest BCUT2D eigenvalue weighted by Crippen LogP contribution is 2.26. The van der Waals surface area contributed by atoms with E-state index in [0.717, 1.165) is 31.2 Å². The minimum absolute atomic E-state index is 0.0478. The molecule has 0 radical (unpaired) electrons. The van der Waals surface area contributed by atoms with Crippen LogP contribution in [0.1, 0.15) is 43.2 Å². The number of rotatable bonds is 5. The fourth-order valence-corrected chi connectivity index (χ4v) is 4.66. The van der Waals surface area contributed by atoms with Crippen LogP contribution in [0.5, 0.6) is 0 Å². The molecule has 0 heterocycles. The molecule has 1 fully saturated rings. The van der Waals surface area contributed by atoms with Gasteiger partial charge >= 0.3 is 0 Å². The molecule has 2 aromatic rings. The molecule has 1 aliphatic rings. The van der Waals surface area contributed by atoms with Crippen LogP contribution in [0, 0.1) is 0 Å². The topological polar surface area (TPSA) is 46.2 Å². The highest BCUT2D eigenvalue weighted by molar-refractivity contribution is 7.99. The summed E-state index contributed by atoms with van der Waals surface area (Å²) in [5, 5.41) is 0. The third kappa shape index (κ3) is 4.34. The summed E-state index contributed by atoms with van der Waals surface area (Å²) in [5.74, 6) is 0. The lowest BCUT2D eigenvalue weighted by Gasteiger charge is -2.23. The zero-order chi connectivity index (χ0) is 16.8. The van der Waals surface area contributed by atoms with Crippen LogP contribution < -0.4 is 4.72 Å². The minimum atomic E-state index is -3.56. The van der Waals surface area contributed by atoms with Crippen molar-refractivity contribution >= 4 is 21.0 Å². The van der Waals surface area contributed by atoms with Crippen molar-refractivity contribution in [3.05, 3.63) is 71.8 Å². The van der Waals surface area contributed by atoms with Gasteiger partial charge in [0.25, 0.3) is 0 Å². The summed E-state index contributed by atoms with van der Waals surface area (Å²) in [6.07, 6.45) is 6.98. The summed E-state index contributed by atoms with van der Waals surface area (Å²) in [6.45, 7) is 0. The Balaban J connectivity index is 1.96. The smallest absolute Gasteiger partial charge is 0.208 e. The first-order valence-corrected chi connectivity index (χ1v) is 9.98. The van der Waals surface area contributed by atoms with Gasteiger partial charge in [0.1, 0.15) is 0 Å². The standard InChI is InChI=1S/C20H23NO2S/c22-24(23,21-19-14-8-3-9-15-19)20(18-12-6-2-7-13-18)16-17-10-4-1-5-11-17/h1-2,4-7,10-13,16,19,21H,3,8-9,14-15H2/b20-16-. The van der Waals surface area contributed by atoms with Gasteiger partial charge in [-0.05, 0) is 30.0 Å². The van der Waals surface area contributed by atoms with Crippen LogP contribution >= 0.6 is 0 Å². The van der Waals surface area contributed by atoms with Crippen LogP contribution in [0.25, 0.3) is 11.0 Å². The molecule has 2 aromatic carbocycles. The first-order valence-electron chi connectivity index (χ1n) is 8.50. The van der Waals surface area contributed by atoms with Gasteiger partial charge in [0.05, 0.1) is 4.91 Å². The molecule has 4 heteroatoms. The molecule has 0 aliphatic heterocycles. The highest BCUT2D eigenvalue weighted by atomic mass is 32.2. The summed E-state index contributed by atoms with van der Waals surface area (Å²) in [6, 6.07) is 18.9. The third-order valence-electron chi connectivity index (χ3n) is 4.37. The maximum atomic E-state index is 13.0. The molecule has 0 bridgehead atoms. The van der Waals surface area contributed by atoms with Crippen molar-refractivity contribution in [1.82, 2.24) is 4.72 Å². The van der Waals surface area contributed by atoms with Gasteiger partial charge in [0, 0.05) is 6.04 Å². The molecule has 0 aromatic heterocycles. The summed E-state index contributed by atoms with van der Waals surface area (Å²) in [7, 11) is -3.56. The number of nitrogens with one attached hydrogen (secondary N) is 1. The zero-order valence-electron chi connectivity index (χ0n) is 13.7. The number of sulfonamides is 1. The quantitative estimate of drug-likeness (QED) is 0.817. The Bertz CT molecular complexity index is 777. The second kappa shape index (κ2) is 7.77. The van der Waals surface area contributed by atoms with Gasteiger partial charge in [0.2, 0.25) is 10.0 Å². The van der Waals surface area contributed by atoms with E-state index in [2.05, 4.69) is 4.72 Å². The number of hydrogen-bond donors (Lipinski definition) is 1. The summed E-state index contributed by atoms with van der Waals surface area (Å²) < 4.78 is 29.0. The Hall–Kier alpha value is -1.91. The number of hydrogen-bond acceptors (Lipinski definition) is 2. The summed E-state index contributed by atoms with van der Waals surface area (Å²) in [4.78, 5) is 0.333. The monoisotopic (exact) mass is 341 g/mol. The third-order valence-corrected chi connectivity index (χ3v) is 5.95. The minimum Gasteiger partial charge on any atom is -0.208 e. The van der Waals surface area contributed by atoms with Crippen molar-refractivity contribution in [3.63, 3.8) is 0 Å². The Kier molecular flexibility index (Phi) is 5.48. The lowest BCUT2D eigenvalue weighted by atomic mass is 9.96. The second-order valence-electron chi connectivity index (χ2n) is 6.24. The first-order chi connectivity index (χ1) is 11.6. The second-order valence-corrected chi connectivity index (χ2v) is 7.92. The van der Waals surface area contributed by atoms with Crippen molar-refractivity contribution < 1.29 is 8.42 Å². The molecule has 0 unspecified atom stereocenters. The van der Waals surface area contributed by atoms with Crippen LogP contribution in [0.3, 0.4) is 0 Å². The van der Waals surface area contributed by atoms with Gasteiger partial charge in [-0.1, -0.05) is 79.9 Å². The maximum Gasteiger partial charge on any atom is 0.241 e. The maximum absolute atomic E-state index is 13.0. The molecule has 0 atom stereocenters. The lowest BCUT2D eigenvalue weighted by Crippen LogP contribution is -2.36. The molecule has 1 N–H and O–H groups in total. The molecule has 1 saturated carbocycles. The molecule has 0 saturated heterocycles. The van der Waals surface area contributed by atoms with E-state index in [1.165, 1.54) is 6.42 Å². The summed E-state index contributed by atoms with van der Waals surface area (Å²) in [5.41, 5.74) is 1.59. The van der Waals surface area contributed by atoms with Gasteiger partial charge in [0.15, 0.2) is 0 Å². The molecule has 126 valence electrons. The average Bonchev–Trinajstić information content (AvgIpc) is 2.62. The van der Waals surface area contributed by atoms with Crippen LogP contribution in [-0.4, -0.2) is 14.5 Å². The molecule has 0 spiro atoms. The van der Waals surface area contributed by atoms with E-state index in [1.54, 1.807) is 6.08 Å². The predicted octanol–water partition coefficient (Wildman–Crippen LogP) is 4.44. The fourth-order valence-electron chi connectivity index (χ4n) is 3.12. The van der Waals surface area contributed by atoms with Crippen LogP contribution in [0.15, 0.2) is 60.7 Å². The molecule has 1 aliphatic carbocycles. The van der Waals surface area contributed by atoms with E-state index in [9.17, 15) is 8.42 Å². The van der Waals surface area contributed by atoms with E-state index in [4.69, 9.17) is 0 Å². The first kappa shape index (κ1) is 16.9. The van der Waals surface area contributed by atoms with Gasteiger partial charge < -0.3 is 0 Å². The molecule has 3 rings (SSSR count). The van der Waals surface area contributed by atoms with E-state index in [-0.39, 0.29) is 6.04 Å². The molecule has 24 heavy (non-hydrogen) atoms. The Morgan fingerprint density at radius 2 is 1.46 bits per heavy atom. The Labute approximate surface area is 144 Å². The van der Waals surface area contributed by atoms with E-state index in [0.29, 0.717) is 10.5 Å². The van der Waals surface area contributed by atoms with E-state index < -0.39 is 10.0 Å². The fraction of sp³-hybridized carbons (Fsp3) is 0.300. The van der Waals surface area contributed by atoms with Crippen LogP contribution in [0.4, 0.5) is 0 Å². The van der Waals surface area contributed by atoms with Crippen molar-refractivity contribution in [2.45, 2.75) is 38.1 Å². The van der Waals surface area contributed by atoms with E-state index >= 15 is 0 Å². The Morgan fingerprint density at radius 1 is 0.875 bits per heavy atom. The van der Waals surface area contributed by atoms with Crippen molar-refractivity contribution in [2.24, 2.45) is 0 Å². The van der Waals surface area contributed by atoms with Crippen LogP contribution in [0.2, 0.25) is 0 Å². The Morgan fingerprint density at radius 3 is 2.08 bits per heavy atom. The van der Waals surface area contributed by atoms with Gasteiger partial charge in [-0.3, -0.25) is 0 Å². The van der Waals surface area contributed by atoms with Crippen molar-refractivity contribution in [2.75, 3.05) is 0 Å². The van der Waals surface area contributed by atoms with E-state index in [1.807, 2.05) is 60.7 Å². The molecule has 0 amide bonds. The van der Waals surface area contributed by atoms with Crippen molar-refractivity contribution in [3.8, 4) is 0 Å². The van der Waals surface area contributed by atoms with Crippen LogP contribution in [-0.2, 0) is 10.0 Å². The highest BCUT2D eigenvalue weighted by Gasteiger charge is 2.24. The largest absolute Gasteiger partial charge is 0.241 e. The average molecular weight is 341 g/mol. The van der Waals surface area contributed by atoms with Gasteiger partial charge in [-0.2, -0.15) is 0 Å². The van der Waals surface area contributed by atoms with Gasteiger partial charge in [-0.15, -0.1) is 0 Å². The number of benzene rings is 2. The normalized spacial score (nSPS) is 16.9. The molecular formula is C20H23NO2S. The predicted molar refractivity (Wildman–Crippen MR) is 99.7 cm³/mol.